The van der Waals surface area contributed by atoms with E-state index in [1.54, 1.807) is 0 Å². The lowest BCUT2D eigenvalue weighted by molar-refractivity contribution is -0.281. The number of ether oxygens (including phenoxy) is 1. The summed E-state index contributed by atoms with van der Waals surface area (Å²) in [5, 5.41) is 19.0. The fourth-order valence-electron chi connectivity index (χ4n) is 3.12. The summed E-state index contributed by atoms with van der Waals surface area (Å²) in [6.07, 6.45) is 14.6. The van der Waals surface area contributed by atoms with E-state index < -0.39 is 12.1 Å². The molecule has 0 aliphatic rings. The van der Waals surface area contributed by atoms with Gasteiger partial charge in [0.2, 0.25) is 0 Å². The van der Waals surface area contributed by atoms with Gasteiger partial charge in [-0.3, -0.25) is 0 Å². The molecule has 0 spiro atoms. The molecule has 0 aliphatic heterocycles. The predicted molar refractivity (Wildman–Crippen MR) is 103 cm³/mol. The molecule has 0 aromatic heterocycles. The fourth-order valence-corrected chi connectivity index (χ4v) is 3.12. The number of hydrogen-bond donors (Lipinski definition) is 2. The second kappa shape index (κ2) is 13.6. The van der Waals surface area contributed by atoms with Crippen LogP contribution in [0.25, 0.3) is 0 Å². The molecule has 0 bridgehead atoms. The standard InChI is InChI=1S/C21H40O3/c1-6-9-11-16-21(24-20(22)23,17-12-10-7-2)19(5)15-13-14-18(4)8-3/h8,15,18,20,22-23H,3,6-7,9-14,16-17H2,1-2,4-5H3. The smallest absolute Gasteiger partial charge is 0.267 e. The predicted octanol–water partition coefficient (Wildman–Crippen LogP) is 5.72. The van der Waals surface area contributed by atoms with Crippen LogP contribution >= 0.6 is 0 Å². The Morgan fingerprint density at radius 2 is 1.62 bits per heavy atom. The molecule has 0 saturated heterocycles. The zero-order chi connectivity index (χ0) is 18.4. The Kier molecular flexibility index (Phi) is 13.3. The van der Waals surface area contributed by atoms with Crippen molar-refractivity contribution in [3.63, 3.8) is 0 Å². The molecule has 142 valence electrons. The van der Waals surface area contributed by atoms with Crippen LogP contribution in [-0.4, -0.2) is 22.3 Å². The Balaban J connectivity index is 5.15. The first-order chi connectivity index (χ1) is 11.4. The summed E-state index contributed by atoms with van der Waals surface area (Å²) in [5.41, 5.74) is 0.592. The molecule has 0 saturated carbocycles. The van der Waals surface area contributed by atoms with E-state index >= 15 is 0 Å². The molecule has 0 radical (unpaired) electrons. The lowest BCUT2D eigenvalue weighted by Gasteiger charge is -2.36. The van der Waals surface area contributed by atoms with E-state index in [4.69, 9.17) is 4.74 Å². The van der Waals surface area contributed by atoms with E-state index in [0.717, 1.165) is 69.8 Å². The SMILES string of the molecule is C=CC(C)CCC=C(C)C(CCCCC)(CCCCC)OC(O)O. The molecule has 0 fully saturated rings. The minimum Gasteiger partial charge on any atom is -0.346 e. The summed E-state index contributed by atoms with van der Waals surface area (Å²) in [6, 6.07) is 0. The van der Waals surface area contributed by atoms with Crippen LogP contribution in [0.2, 0.25) is 0 Å². The van der Waals surface area contributed by atoms with E-state index in [9.17, 15) is 10.2 Å². The van der Waals surface area contributed by atoms with Gasteiger partial charge in [0.25, 0.3) is 6.48 Å². The molecule has 0 aromatic rings. The van der Waals surface area contributed by atoms with Crippen molar-refractivity contribution in [2.45, 2.75) is 104 Å². The Bertz CT molecular complexity index is 337. The van der Waals surface area contributed by atoms with Crippen molar-refractivity contribution < 1.29 is 14.9 Å². The molecule has 0 aliphatic carbocycles. The third-order valence-electron chi connectivity index (χ3n) is 4.89. The van der Waals surface area contributed by atoms with Crippen molar-refractivity contribution in [3.05, 3.63) is 24.3 Å². The van der Waals surface area contributed by atoms with Gasteiger partial charge in [-0.15, -0.1) is 6.58 Å². The maximum absolute atomic E-state index is 9.49. The highest BCUT2D eigenvalue weighted by Crippen LogP contribution is 2.35. The summed E-state index contributed by atoms with van der Waals surface area (Å²) in [7, 11) is 0. The van der Waals surface area contributed by atoms with Crippen molar-refractivity contribution in [1.29, 1.82) is 0 Å². The topological polar surface area (TPSA) is 49.7 Å². The molecule has 0 amide bonds. The van der Waals surface area contributed by atoms with Gasteiger partial charge in [-0.05, 0) is 44.1 Å². The van der Waals surface area contributed by atoms with Crippen LogP contribution in [0, 0.1) is 5.92 Å². The highest BCUT2D eigenvalue weighted by atomic mass is 16.7. The van der Waals surface area contributed by atoms with Gasteiger partial charge >= 0.3 is 0 Å². The first-order valence-electron chi connectivity index (χ1n) is 9.75. The summed E-state index contributed by atoms with van der Waals surface area (Å²) < 4.78 is 5.70. The van der Waals surface area contributed by atoms with E-state index in [0.29, 0.717) is 5.92 Å². The summed E-state index contributed by atoms with van der Waals surface area (Å²) in [4.78, 5) is 0. The Labute approximate surface area is 149 Å². The Morgan fingerprint density at radius 1 is 1.08 bits per heavy atom. The van der Waals surface area contributed by atoms with E-state index in [-0.39, 0.29) is 0 Å². The maximum Gasteiger partial charge on any atom is 0.267 e. The van der Waals surface area contributed by atoms with Crippen molar-refractivity contribution in [2.75, 3.05) is 0 Å². The number of aliphatic hydroxyl groups is 2. The highest BCUT2D eigenvalue weighted by molar-refractivity contribution is 5.15. The van der Waals surface area contributed by atoms with Crippen molar-refractivity contribution in [2.24, 2.45) is 5.92 Å². The molecule has 2 N–H and O–H groups in total. The van der Waals surface area contributed by atoms with Gasteiger partial charge in [0.1, 0.15) is 0 Å². The van der Waals surface area contributed by atoms with Crippen LogP contribution in [0.3, 0.4) is 0 Å². The number of rotatable bonds is 15. The normalized spacial score (nSPS) is 14.2. The molecule has 3 nitrogen and oxygen atoms in total. The van der Waals surface area contributed by atoms with E-state index in [2.05, 4.69) is 40.3 Å². The average molecular weight is 341 g/mol. The van der Waals surface area contributed by atoms with Gasteiger partial charge in [0.05, 0.1) is 5.60 Å². The van der Waals surface area contributed by atoms with Crippen LogP contribution in [-0.2, 0) is 4.74 Å². The Morgan fingerprint density at radius 3 is 2.04 bits per heavy atom. The molecule has 1 unspecified atom stereocenters. The van der Waals surface area contributed by atoms with Gasteiger partial charge < -0.3 is 14.9 Å². The molecule has 1 atom stereocenters. The second-order valence-electron chi connectivity index (χ2n) is 7.03. The van der Waals surface area contributed by atoms with Crippen LogP contribution < -0.4 is 0 Å². The number of unbranched alkanes of at least 4 members (excludes halogenated alkanes) is 4. The van der Waals surface area contributed by atoms with Gasteiger partial charge in [0, 0.05) is 0 Å². The number of hydrogen-bond acceptors (Lipinski definition) is 3. The summed E-state index contributed by atoms with van der Waals surface area (Å²) >= 11 is 0. The quantitative estimate of drug-likeness (QED) is 0.228. The van der Waals surface area contributed by atoms with Crippen LogP contribution in [0.5, 0.6) is 0 Å². The molecular weight excluding hydrogens is 300 g/mol. The van der Waals surface area contributed by atoms with Gasteiger partial charge in [-0.1, -0.05) is 71.4 Å². The van der Waals surface area contributed by atoms with E-state index in [1.807, 2.05) is 6.08 Å². The maximum atomic E-state index is 9.49. The monoisotopic (exact) mass is 340 g/mol. The fraction of sp³-hybridized carbons (Fsp3) is 0.810. The lowest BCUT2D eigenvalue weighted by Crippen LogP contribution is -2.38. The summed E-state index contributed by atoms with van der Waals surface area (Å²) in [6.45, 7) is 10.7. The third kappa shape index (κ3) is 9.61. The van der Waals surface area contributed by atoms with E-state index in [1.165, 1.54) is 0 Å². The van der Waals surface area contributed by atoms with Gasteiger partial charge in [-0.25, -0.2) is 0 Å². The van der Waals surface area contributed by atoms with Crippen LogP contribution in [0.4, 0.5) is 0 Å². The zero-order valence-corrected chi connectivity index (χ0v) is 16.4. The molecule has 24 heavy (non-hydrogen) atoms. The molecule has 0 heterocycles. The highest BCUT2D eigenvalue weighted by Gasteiger charge is 2.34. The number of aliphatic hydroxyl groups excluding tert-OH is 1. The first kappa shape index (κ1) is 23.4. The summed E-state index contributed by atoms with van der Waals surface area (Å²) in [5.74, 6) is 0.494. The zero-order valence-electron chi connectivity index (χ0n) is 16.4. The Hall–Kier alpha value is -0.640. The first-order valence-corrected chi connectivity index (χ1v) is 9.75. The van der Waals surface area contributed by atoms with Crippen molar-refractivity contribution >= 4 is 0 Å². The molecule has 3 heteroatoms. The van der Waals surface area contributed by atoms with Gasteiger partial charge in [-0.2, -0.15) is 0 Å². The largest absolute Gasteiger partial charge is 0.346 e. The minimum absolute atomic E-state index is 0.494. The number of allylic oxidation sites excluding steroid dienone is 2. The van der Waals surface area contributed by atoms with Crippen LogP contribution in [0.15, 0.2) is 24.3 Å². The van der Waals surface area contributed by atoms with Crippen molar-refractivity contribution in [3.8, 4) is 0 Å². The molecular formula is C21H40O3. The third-order valence-corrected chi connectivity index (χ3v) is 4.89. The van der Waals surface area contributed by atoms with Gasteiger partial charge in [0.15, 0.2) is 0 Å². The average Bonchev–Trinajstić information content (AvgIpc) is 2.54. The van der Waals surface area contributed by atoms with Crippen LogP contribution in [0.1, 0.15) is 91.9 Å². The molecule has 0 rings (SSSR count). The molecule has 0 aromatic carbocycles. The lowest BCUT2D eigenvalue weighted by atomic mass is 9.83. The minimum atomic E-state index is -1.72. The van der Waals surface area contributed by atoms with Crippen molar-refractivity contribution in [1.82, 2.24) is 0 Å². The second-order valence-corrected chi connectivity index (χ2v) is 7.03.